The van der Waals surface area contributed by atoms with Gasteiger partial charge in [0.1, 0.15) is 16.8 Å². The summed E-state index contributed by atoms with van der Waals surface area (Å²) in [6, 6.07) is 5.72. The molecule has 1 heterocycles. The van der Waals surface area contributed by atoms with Crippen LogP contribution in [0.25, 0.3) is 0 Å². The Balaban J connectivity index is 2.01. The molecule has 0 unspecified atom stereocenters. The minimum absolute atomic E-state index is 0.0467. The summed E-state index contributed by atoms with van der Waals surface area (Å²) in [5, 5.41) is 0.260. The molecule has 1 aliphatic carbocycles. The second kappa shape index (κ2) is 5.19. The van der Waals surface area contributed by atoms with Crippen molar-refractivity contribution in [3.8, 4) is 0 Å². The number of aromatic nitrogens is 2. The van der Waals surface area contributed by atoms with Crippen molar-refractivity contribution in [2.45, 2.75) is 25.3 Å². The van der Waals surface area contributed by atoms with Crippen LogP contribution < -0.4 is 5.56 Å². The van der Waals surface area contributed by atoms with Gasteiger partial charge < -0.3 is 0 Å². The van der Waals surface area contributed by atoms with E-state index in [9.17, 15) is 9.18 Å². The quantitative estimate of drug-likeness (QED) is 0.811. The average Bonchev–Trinajstić information content (AvgIpc) is 3.21. The van der Waals surface area contributed by atoms with E-state index in [1.165, 1.54) is 18.2 Å². The molecule has 6 heteroatoms. The molecule has 1 aromatic carbocycles. The van der Waals surface area contributed by atoms with Crippen molar-refractivity contribution in [1.82, 2.24) is 9.55 Å². The summed E-state index contributed by atoms with van der Waals surface area (Å²) in [5.41, 5.74) is 0.553. The summed E-state index contributed by atoms with van der Waals surface area (Å²) >= 11 is 11.6. The molecule has 3 rings (SSSR count). The molecule has 104 valence electrons. The fourth-order valence-electron chi connectivity index (χ4n) is 2.13. The van der Waals surface area contributed by atoms with Crippen molar-refractivity contribution in [2.24, 2.45) is 0 Å². The van der Waals surface area contributed by atoms with E-state index in [0.717, 1.165) is 18.4 Å². The van der Waals surface area contributed by atoms with Gasteiger partial charge in [-0.25, -0.2) is 9.37 Å². The first-order chi connectivity index (χ1) is 9.54. The molecule has 1 aromatic heterocycles. The number of hydrogen-bond acceptors (Lipinski definition) is 2. The van der Waals surface area contributed by atoms with Crippen molar-refractivity contribution >= 4 is 23.2 Å². The van der Waals surface area contributed by atoms with E-state index in [2.05, 4.69) is 4.98 Å². The van der Waals surface area contributed by atoms with Gasteiger partial charge in [0.2, 0.25) is 0 Å². The Kier molecular flexibility index (Phi) is 3.52. The Labute approximate surface area is 125 Å². The zero-order valence-corrected chi connectivity index (χ0v) is 12.0. The SMILES string of the molecule is O=c1cc(Cl)nc(C2CC2)n1Cc1ccc(F)c(Cl)c1. The molecule has 0 aliphatic heterocycles. The lowest BCUT2D eigenvalue weighted by Gasteiger charge is -2.12. The minimum Gasteiger partial charge on any atom is -0.292 e. The van der Waals surface area contributed by atoms with Crippen LogP contribution in [0.1, 0.15) is 30.1 Å². The third kappa shape index (κ3) is 2.72. The molecule has 0 amide bonds. The van der Waals surface area contributed by atoms with Crippen LogP contribution in [-0.4, -0.2) is 9.55 Å². The van der Waals surface area contributed by atoms with Gasteiger partial charge in [0.05, 0.1) is 11.6 Å². The van der Waals surface area contributed by atoms with E-state index in [1.54, 1.807) is 10.6 Å². The monoisotopic (exact) mass is 312 g/mol. The fraction of sp³-hybridized carbons (Fsp3) is 0.286. The highest BCUT2D eigenvalue weighted by Gasteiger charge is 2.29. The highest BCUT2D eigenvalue weighted by molar-refractivity contribution is 6.30. The van der Waals surface area contributed by atoms with Gasteiger partial charge in [0.15, 0.2) is 0 Å². The van der Waals surface area contributed by atoms with Gasteiger partial charge in [-0.2, -0.15) is 0 Å². The molecule has 0 radical (unpaired) electrons. The summed E-state index contributed by atoms with van der Waals surface area (Å²) in [6.07, 6.45) is 2.02. The zero-order chi connectivity index (χ0) is 14.3. The maximum atomic E-state index is 13.2. The molecule has 3 nitrogen and oxygen atoms in total. The maximum absolute atomic E-state index is 13.2. The van der Waals surface area contributed by atoms with Gasteiger partial charge in [-0.3, -0.25) is 9.36 Å². The molecule has 0 spiro atoms. The molecule has 0 saturated heterocycles. The number of benzene rings is 1. The van der Waals surface area contributed by atoms with Crippen LogP contribution in [0.2, 0.25) is 10.2 Å². The molecule has 2 aromatic rings. The van der Waals surface area contributed by atoms with Crippen molar-refractivity contribution in [3.63, 3.8) is 0 Å². The number of hydrogen-bond donors (Lipinski definition) is 0. The Morgan fingerprint density at radius 2 is 2.05 bits per heavy atom. The lowest BCUT2D eigenvalue weighted by Crippen LogP contribution is -2.24. The average molecular weight is 313 g/mol. The van der Waals surface area contributed by atoms with Crippen LogP contribution in [0.3, 0.4) is 0 Å². The third-order valence-corrected chi connectivity index (χ3v) is 3.76. The summed E-state index contributed by atoms with van der Waals surface area (Å²) in [5.74, 6) is 0.514. The molecule has 1 aliphatic rings. The van der Waals surface area contributed by atoms with Crippen LogP contribution in [0, 0.1) is 5.82 Å². The van der Waals surface area contributed by atoms with Crippen LogP contribution in [0.5, 0.6) is 0 Å². The third-order valence-electron chi connectivity index (χ3n) is 3.27. The molecule has 1 fully saturated rings. The topological polar surface area (TPSA) is 34.9 Å². The Bertz CT molecular complexity index is 726. The molecular weight excluding hydrogens is 302 g/mol. The predicted octanol–water partition coefficient (Wildman–Crippen LogP) is 3.61. The van der Waals surface area contributed by atoms with Gasteiger partial charge in [0.25, 0.3) is 5.56 Å². The highest BCUT2D eigenvalue weighted by Crippen LogP contribution is 2.39. The first kappa shape index (κ1) is 13.6. The van der Waals surface area contributed by atoms with Crippen LogP contribution >= 0.6 is 23.2 Å². The van der Waals surface area contributed by atoms with E-state index in [0.29, 0.717) is 12.4 Å². The van der Waals surface area contributed by atoms with Crippen molar-refractivity contribution in [2.75, 3.05) is 0 Å². The van der Waals surface area contributed by atoms with Gasteiger partial charge in [-0.1, -0.05) is 29.3 Å². The lowest BCUT2D eigenvalue weighted by molar-refractivity contribution is 0.624. The van der Waals surface area contributed by atoms with E-state index < -0.39 is 5.82 Å². The van der Waals surface area contributed by atoms with Crippen molar-refractivity contribution in [3.05, 3.63) is 62.0 Å². The first-order valence-electron chi connectivity index (χ1n) is 6.26. The zero-order valence-electron chi connectivity index (χ0n) is 10.4. The second-order valence-electron chi connectivity index (χ2n) is 4.88. The van der Waals surface area contributed by atoms with E-state index in [-0.39, 0.29) is 21.7 Å². The molecule has 0 bridgehead atoms. The van der Waals surface area contributed by atoms with Crippen LogP contribution in [0.4, 0.5) is 4.39 Å². The number of rotatable bonds is 3. The molecular formula is C14H11Cl2FN2O. The molecule has 1 saturated carbocycles. The second-order valence-corrected chi connectivity index (χ2v) is 5.68. The first-order valence-corrected chi connectivity index (χ1v) is 7.01. The maximum Gasteiger partial charge on any atom is 0.255 e. The largest absolute Gasteiger partial charge is 0.292 e. The van der Waals surface area contributed by atoms with Gasteiger partial charge >= 0.3 is 0 Å². The fourth-order valence-corrected chi connectivity index (χ4v) is 2.51. The van der Waals surface area contributed by atoms with Crippen LogP contribution in [-0.2, 0) is 6.54 Å². The Hall–Kier alpha value is -1.39. The van der Waals surface area contributed by atoms with Gasteiger partial charge in [-0.05, 0) is 30.5 Å². The highest BCUT2D eigenvalue weighted by atomic mass is 35.5. The molecule has 20 heavy (non-hydrogen) atoms. The minimum atomic E-state index is -0.473. The molecule has 0 N–H and O–H groups in total. The lowest BCUT2D eigenvalue weighted by atomic mass is 10.2. The number of nitrogens with zero attached hydrogens (tertiary/aromatic N) is 2. The van der Waals surface area contributed by atoms with E-state index in [1.807, 2.05) is 0 Å². The van der Waals surface area contributed by atoms with Crippen molar-refractivity contribution in [1.29, 1.82) is 0 Å². The standard InChI is InChI=1S/C14H11Cl2FN2O/c15-10-5-8(1-4-11(10)17)7-19-13(20)6-12(16)18-14(19)9-2-3-9/h1,4-6,9H,2-3,7H2. The number of halogens is 3. The summed E-state index contributed by atoms with van der Waals surface area (Å²) in [4.78, 5) is 16.3. The summed E-state index contributed by atoms with van der Waals surface area (Å²) in [7, 11) is 0. The predicted molar refractivity (Wildman–Crippen MR) is 76.0 cm³/mol. The smallest absolute Gasteiger partial charge is 0.255 e. The van der Waals surface area contributed by atoms with Gasteiger partial charge in [0, 0.05) is 12.0 Å². The van der Waals surface area contributed by atoms with Gasteiger partial charge in [-0.15, -0.1) is 0 Å². The Morgan fingerprint density at radius 3 is 2.70 bits per heavy atom. The van der Waals surface area contributed by atoms with Crippen LogP contribution in [0.15, 0.2) is 29.1 Å². The van der Waals surface area contributed by atoms with E-state index >= 15 is 0 Å². The summed E-state index contributed by atoms with van der Waals surface area (Å²) < 4.78 is 14.7. The summed E-state index contributed by atoms with van der Waals surface area (Å²) in [6.45, 7) is 0.314. The normalized spacial score (nSPS) is 14.6. The Morgan fingerprint density at radius 1 is 1.30 bits per heavy atom. The van der Waals surface area contributed by atoms with E-state index in [4.69, 9.17) is 23.2 Å². The van der Waals surface area contributed by atoms with Crippen molar-refractivity contribution < 1.29 is 4.39 Å². The molecule has 0 atom stereocenters.